The van der Waals surface area contributed by atoms with Gasteiger partial charge in [-0.05, 0) is 55.8 Å². The zero-order valence-corrected chi connectivity index (χ0v) is 17.8. The zero-order valence-electron chi connectivity index (χ0n) is 17.8. The summed E-state index contributed by atoms with van der Waals surface area (Å²) in [6.07, 6.45) is 0.603. The molecule has 0 radical (unpaired) electrons. The van der Waals surface area contributed by atoms with E-state index in [0.29, 0.717) is 30.8 Å². The minimum absolute atomic E-state index is 0.172. The Balaban J connectivity index is 1.59. The molecule has 0 unspecified atom stereocenters. The van der Waals surface area contributed by atoms with Crippen LogP contribution in [0.25, 0.3) is 0 Å². The first kappa shape index (κ1) is 21.9. The summed E-state index contributed by atoms with van der Waals surface area (Å²) in [5, 5.41) is 5.84. The van der Waals surface area contributed by atoms with Gasteiger partial charge >= 0.3 is 6.03 Å². The van der Waals surface area contributed by atoms with Crippen LogP contribution < -0.4 is 20.3 Å². The van der Waals surface area contributed by atoms with Crippen LogP contribution in [0.5, 0.6) is 5.75 Å². The van der Waals surface area contributed by atoms with Crippen molar-refractivity contribution < 1.29 is 14.3 Å². The van der Waals surface area contributed by atoms with Crippen molar-refractivity contribution in [2.75, 3.05) is 30.4 Å². The Hall–Kier alpha value is -3.80. The van der Waals surface area contributed by atoms with Crippen molar-refractivity contribution in [2.45, 2.75) is 13.3 Å². The fourth-order valence-electron chi connectivity index (χ4n) is 3.09. The van der Waals surface area contributed by atoms with E-state index >= 15 is 0 Å². The second-order valence-electron chi connectivity index (χ2n) is 7.12. The molecule has 0 aliphatic heterocycles. The molecule has 0 bridgehead atoms. The number of carbonyl (C=O) groups is 2. The fourth-order valence-corrected chi connectivity index (χ4v) is 3.09. The highest BCUT2D eigenvalue weighted by Gasteiger charge is 2.16. The third-order valence-corrected chi connectivity index (χ3v) is 4.79. The highest BCUT2D eigenvalue weighted by Crippen LogP contribution is 2.17. The number of aryl methyl sites for hydroxylation is 1. The highest BCUT2D eigenvalue weighted by atomic mass is 16.5. The number of carbonyl (C=O) groups excluding carboxylic acids is 2. The molecule has 6 nitrogen and oxygen atoms in total. The molecule has 0 saturated heterocycles. The van der Waals surface area contributed by atoms with E-state index in [1.807, 2.05) is 61.5 Å². The van der Waals surface area contributed by atoms with Gasteiger partial charge in [-0.15, -0.1) is 0 Å². The lowest BCUT2D eigenvalue weighted by molar-refractivity contribution is 0.0953. The number of para-hydroxylation sites is 1. The number of rotatable bonds is 8. The third kappa shape index (κ3) is 6.34. The Kier molecular flexibility index (Phi) is 7.65. The van der Waals surface area contributed by atoms with E-state index in [0.717, 1.165) is 16.9 Å². The van der Waals surface area contributed by atoms with Crippen LogP contribution in [0.2, 0.25) is 0 Å². The smallest absolute Gasteiger partial charge is 0.326 e. The van der Waals surface area contributed by atoms with Crippen LogP contribution in [0.4, 0.5) is 16.2 Å². The van der Waals surface area contributed by atoms with E-state index in [1.165, 1.54) is 0 Å². The van der Waals surface area contributed by atoms with Gasteiger partial charge in [0.15, 0.2) is 0 Å². The largest absolute Gasteiger partial charge is 0.497 e. The number of hydrogen-bond donors (Lipinski definition) is 2. The molecule has 0 spiro atoms. The first-order valence-corrected chi connectivity index (χ1v) is 10.2. The van der Waals surface area contributed by atoms with Crippen molar-refractivity contribution >= 4 is 23.3 Å². The van der Waals surface area contributed by atoms with Crippen LogP contribution in [0.1, 0.15) is 22.3 Å². The van der Waals surface area contributed by atoms with Gasteiger partial charge in [-0.1, -0.05) is 42.0 Å². The molecule has 3 amide bonds. The Morgan fingerprint density at radius 3 is 2.39 bits per heavy atom. The van der Waals surface area contributed by atoms with Crippen molar-refractivity contribution in [2.24, 2.45) is 0 Å². The topological polar surface area (TPSA) is 70.7 Å². The maximum absolute atomic E-state index is 12.9. The summed E-state index contributed by atoms with van der Waals surface area (Å²) in [5.74, 6) is 0.463. The summed E-state index contributed by atoms with van der Waals surface area (Å²) in [7, 11) is 1.57. The third-order valence-electron chi connectivity index (χ3n) is 4.79. The summed E-state index contributed by atoms with van der Waals surface area (Å²) < 4.78 is 5.16. The quantitative estimate of drug-likeness (QED) is 0.514. The highest BCUT2D eigenvalue weighted by molar-refractivity contribution is 6.01. The van der Waals surface area contributed by atoms with Gasteiger partial charge in [0.1, 0.15) is 5.75 Å². The second-order valence-corrected chi connectivity index (χ2v) is 7.12. The summed E-state index contributed by atoms with van der Waals surface area (Å²) in [6, 6.07) is 23.9. The van der Waals surface area contributed by atoms with Crippen LogP contribution >= 0.6 is 0 Å². The molecular formula is C25H27N3O3. The van der Waals surface area contributed by atoms with Crippen molar-refractivity contribution in [3.05, 3.63) is 90.0 Å². The van der Waals surface area contributed by atoms with Gasteiger partial charge < -0.3 is 15.4 Å². The van der Waals surface area contributed by atoms with E-state index in [1.54, 1.807) is 36.3 Å². The molecule has 0 aromatic heterocycles. The summed E-state index contributed by atoms with van der Waals surface area (Å²) in [5.41, 5.74) is 3.20. The Labute approximate surface area is 182 Å². The Morgan fingerprint density at radius 2 is 1.68 bits per heavy atom. The standard InChI is InChI=1S/C25H27N3O3/c1-19-12-14-21(15-13-19)27-25(30)28(22-9-4-3-5-10-22)17-7-16-26-24(29)20-8-6-11-23(18-20)31-2/h3-6,8-15,18H,7,16-17H2,1-2H3,(H,26,29)(H,27,30). The maximum Gasteiger partial charge on any atom is 0.326 e. The molecule has 160 valence electrons. The number of methoxy groups -OCH3 is 1. The lowest BCUT2D eigenvalue weighted by atomic mass is 10.2. The number of amides is 3. The minimum atomic E-state index is -0.214. The number of hydrogen-bond acceptors (Lipinski definition) is 3. The predicted octanol–water partition coefficient (Wildman–Crippen LogP) is 4.86. The van der Waals surface area contributed by atoms with Crippen molar-refractivity contribution in [1.29, 1.82) is 0 Å². The van der Waals surface area contributed by atoms with Crippen molar-refractivity contribution in [1.82, 2.24) is 5.32 Å². The summed E-state index contributed by atoms with van der Waals surface area (Å²) in [4.78, 5) is 27.0. The zero-order chi connectivity index (χ0) is 22.1. The Bertz CT molecular complexity index is 1000. The number of ether oxygens (including phenoxy) is 1. The molecule has 0 heterocycles. The number of nitrogens with zero attached hydrogens (tertiary/aromatic N) is 1. The number of anilines is 2. The molecule has 3 aromatic rings. The van der Waals surface area contributed by atoms with Crippen molar-refractivity contribution in [3.8, 4) is 5.75 Å². The van der Waals surface area contributed by atoms with Crippen molar-refractivity contribution in [3.63, 3.8) is 0 Å². The van der Waals surface area contributed by atoms with Crippen LogP contribution in [0, 0.1) is 6.92 Å². The number of nitrogens with one attached hydrogen (secondary N) is 2. The average Bonchev–Trinajstić information content (AvgIpc) is 2.81. The summed E-state index contributed by atoms with van der Waals surface area (Å²) in [6.45, 7) is 2.90. The van der Waals surface area contributed by atoms with Gasteiger partial charge in [-0.25, -0.2) is 4.79 Å². The van der Waals surface area contributed by atoms with Gasteiger partial charge in [-0.3, -0.25) is 9.69 Å². The van der Waals surface area contributed by atoms with Gasteiger partial charge in [0.05, 0.1) is 7.11 Å². The molecule has 0 fully saturated rings. The second kappa shape index (κ2) is 10.8. The van der Waals surface area contributed by atoms with E-state index in [9.17, 15) is 9.59 Å². The van der Waals surface area contributed by atoms with E-state index in [-0.39, 0.29) is 11.9 Å². The molecule has 0 saturated carbocycles. The predicted molar refractivity (Wildman–Crippen MR) is 124 cm³/mol. The molecule has 2 N–H and O–H groups in total. The van der Waals surface area contributed by atoms with Crippen LogP contribution in [0.15, 0.2) is 78.9 Å². The maximum atomic E-state index is 12.9. The molecule has 0 aliphatic rings. The molecule has 3 rings (SSSR count). The normalized spacial score (nSPS) is 10.3. The van der Waals surface area contributed by atoms with Crippen LogP contribution in [-0.4, -0.2) is 32.1 Å². The lowest BCUT2D eigenvalue weighted by Gasteiger charge is -2.23. The molecule has 0 atom stereocenters. The molecule has 3 aromatic carbocycles. The van der Waals surface area contributed by atoms with E-state index in [2.05, 4.69) is 10.6 Å². The number of benzene rings is 3. The molecule has 0 aliphatic carbocycles. The first-order valence-electron chi connectivity index (χ1n) is 10.2. The summed E-state index contributed by atoms with van der Waals surface area (Å²) >= 11 is 0. The molecule has 31 heavy (non-hydrogen) atoms. The lowest BCUT2D eigenvalue weighted by Crippen LogP contribution is -2.37. The van der Waals surface area contributed by atoms with Crippen LogP contribution in [-0.2, 0) is 0 Å². The average molecular weight is 418 g/mol. The first-order chi connectivity index (χ1) is 15.1. The van der Waals surface area contributed by atoms with E-state index < -0.39 is 0 Å². The Morgan fingerprint density at radius 1 is 0.935 bits per heavy atom. The minimum Gasteiger partial charge on any atom is -0.497 e. The van der Waals surface area contributed by atoms with Crippen LogP contribution in [0.3, 0.4) is 0 Å². The monoisotopic (exact) mass is 417 g/mol. The van der Waals surface area contributed by atoms with Gasteiger partial charge in [0.25, 0.3) is 5.91 Å². The van der Waals surface area contributed by atoms with Gasteiger partial charge in [0, 0.05) is 30.0 Å². The SMILES string of the molecule is COc1cccc(C(=O)NCCCN(C(=O)Nc2ccc(C)cc2)c2ccccc2)c1. The van der Waals surface area contributed by atoms with E-state index in [4.69, 9.17) is 4.74 Å². The molecule has 6 heteroatoms. The van der Waals surface area contributed by atoms with Gasteiger partial charge in [-0.2, -0.15) is 0 Å². The van der Waals surface area contributed by atoms with Gasteiger partial charge in [0.2, 0.25) is 0 Å². The molecular weight excluding hydrogens is 390 g/mol. The fraction of sp³-hybridized carbons (Fsp3) is 0.200. The number of urea groups is 1.